The molecule has 1 rings (SSSR count). The van der Waals surface area contributed by atoms with E-state index >= 15 is 0 Å². The summed E-state index contributed by atoms with van der Waals surface area (Å²) < 4.78 is 20.3. The summed E-state index contributed by atoms with van der Waals surface area (Å²) in [6, 6.07) is 7.01. The third-order valence-electron chi connectivity index (χ3n) is 2.95. The minimum atomic E-state index is -0.416. The van der Waals surface area contributed by atoms with E-state index in [0.29, 0.717) is 37.9 Å². The van der Waals surface area contributed by atoms with Gasteiger partial charge in [-0.05, 0) is 31.2 Å². The Morgan fingerprint density at radius 1 is 1.00 bits per heavy atom. The molecule has 1 N–H and O–H groups in total. The summed E-state index contributed by atoms with van der Waals surface area (Å²) in [4.78, 5) is 23.2. The number of rotatable bonds is 12. The summed E-state index contributed by atoms with van der Waals surface area (Å²) in [5.74, 6) is 0.0402. The van der Waals surface area contributed by atoms with Crippen LogP contribution in [0, 0.1) is 0 Å². The molecule has 0 saturated carbocycles. The topological polar surface area (TPSA) is 83.1 Å². The number of esters is 1. The molecular weight excluding hydrogens is 314 g/mol. The van der Waals surface area contributed by atoms with Crippen LogP contribution in [0.4, 0.5) is 5.69 Å². The molecule has 0 heterocycles. The van der Waals surface area contributed by atoms with Crippen molar-refractivity contribution in [1.29, 1.82) is 0 Å². The number of ether oxygens (including phenoxy) is 4. The summed E-state index contributed by atoms with van der Waals surface area (Å²) in [7, 11) is 1.52. The van der Waals surface area contributed by atoms with Crippen LogP contribution < -0.4 is 10.1 Å². The Morgan fingerprint density at radius 3 is 2.42 bits per heavy atom. The molecule has 0 aliphatic heterocycles. The van der Waals surface area contributed by atoms with Crippen molar-refractivity contribution in [2.75, 3.05) is 45.5 Å². The molecule has 0 unspecified atom stereocenters. The van der Waals surface area contributed by atoms with Crippen molar-refractivity contribution in [2.24, 2.45) is 0 Å². The van der Waals surface area contributed by atoms with Gasteiger partial charge in [0, 0.05) is 25.8 Å². The molecule has 24 heavy (non-hydrogen) atoms. The van der Waals surface area contributed by atoms with Gasteiger partial charge in [-0.1, -0.05) is 0 Å². The molecule has 0 bridgehead atoms. The summed E-state index contributed by atoms with van der Waals surface area (Å²) >= 11 is 0. The first kappa shape index (κ1) is 19.9. The Hall–Kier alpha value is -2.12. The molecule has 0 fully saturated rings. The summed E-state index contributed by atoms with van der Waals surface area (Å²) in [6.07, 6.45) is 0.104. The lowest BCUT2D eigenvalue weighted by atomic mass is 10.2. The van der Waals surface area contributed by atoms with E-state index < -0.39 is 5.97 Å². The molecule has 0 atom stereocenters. The number of anilines is 1. The second-order valence-electron chi connectivity index (χ2n) is 4.83. The van der Waals surface area contributed by atoms with Gasteiger partial charge in [-0.25, -0.2) is 0 Å². The molecule has 7 heteroatoms. The predicted octanol–water partition coefficient (Wildman–Crippen LogP) is 2.01. The van der Waals surface area contributed by atoms with E-state index in [4.69, 9.17) is 18.9 Å². The number of carbonyl (C=O) groups excluding carboxylic acids is 2. The standard InChI is InChI=1S/C17H25NO6/c1-3-22-11-13-23-15-6-4-14(5-7-15)18-16(19)8-9-17(20)24-12-10-21-2/h4-7H,3,8-13H2,1-2H3,(H,18,19). The van der Waals surface area contributed by atoms with Gasteiger partial charge in [0.25, 0.3) is 0 Å². The van der Waals surface area contributed by atoms with Gasteiger partial charge >= 0.3 is 5.97 Å². The highest BCUT2D eigenvalue weighted by Gasteiger charge is 2.08. The Labute approximate surface area is 142 Å². The van der Waals surface area contributed by atoms with E-state index in [1.807, 2.05) is 6.92 Å². The van der Waals surface area contributed by atoms with Gasteiger partial charge in [0.2, 0.25) is 5.91 Å². The zero-order valence-corrected chi connectivity index (χ0v) is 14.2. The van der Waals surface area contributed by atoms with E-state index in [-0.39, 0.29) is 25.4 Å². The van der Waals surface area contributed by atoms with Gasteiger partial charge in [0.05, 0.1) is 19.6 Å². The predicted molar refractivity (Wildman–Crippen MR) is 89.1 cm³/mol. The molecule has 0 saturated heterocycles. The molecule has 0 radical (unpaired) electrons. The van der Waals surface area contributed by atoms with Gasteiger partial charge in [-0.15, -0.1) is 0 Å². The van der Waals surface area contributed by atoms with Crippen molar-refractivity contribution in [1.82, 2.24) is 0 Å². The van der Waals surface area contributed by atoms with E-state index in [1.54, 1.807) is 24.3 Å². The molecule has 0 aliphatic carbocycles. The van der Waals surface area contributed by atoms with Gasteiger partial charge in [0.15, 0.2) is 0 Å². The van der Waals surface area contributed by atoms with Crippen LogP contribution in [0.25, 0.3) is 0 Å². The molecule has 0 aliphatic rings. The highest BCUT2D eigenvalue weighted by Crippen LogP contribution is 2.16. The van der Waals surface area contributed by atoms with Crippen molar-refractivity contribution >= 4 is 17.6 Å². The number of benzene rings is 1. The minimum absolute atomic E-state index is 0.0359. The average molecular weight is 339 g/mol. The average Bonchev–Trinajstić information content (AvgIpc) is 2.58. The maximum atomic E-state index is 11.8. The maximum Gasteiger partial charge on any atom is 0.306 e. The van der Waals surface area contributed by atoms with Crippen molar-refractivity contribution in [3.05, 3.63) is 24.3 Å². The first-order valence-corrected chi connectivity index (χ1v) is 7.90. The van der Waals surface area contributed by atoms with Crippen LogP contribution >= 0.6 is 0 Å². The van der Waals surface area contributed by atoms with Crippen molar-refractivity contribution in [3.8, 4) is 5.75 Å². The SMILES string of the molecule is CCOCCOc1ccc(NC(=O)CCC(=O)OCCOC)cc1. The second kappa shape index (κ2) is 12.3. The number of amides is 1. The van der Waals surface area contributed by atoms with Crippen LogP contribution in [-0.2, 0) is 23.8 Å². The molecule has 134 valence electrons. The number of nitrogens with one attached hydrogen (secondary N) is 1. The normalized spacial score (nSPS) is 10.2. The maximum absolute atomic E-state index is 11.8. The number of hydrogen-bond acceptors (Lipinski definition) is 6. The van der Waals surface area contributed by atoms with E-state index in [0.717, 1.165) is 0 Å². The lowest BCUT2D eigenvalue weighted by molar-refractivity contribution is -0.145. The number of carbonyl (C=O) groups is 2. The Bertz CT molecular complexity index is 488. The van der Waals surface area contributed by atoms with E-state index in [1.165, 1.54) is 7.11 Å². The van der Waals surface area contributed by atoms with Crippen LogP contribution in [-0.4, -0.2) is 52.0 Å². The Kier molecular flexibility index (Phi) is 10.2. The molecule has 0 aromatic heterocycles. The van der Waals surface area contributed by atoms with Gasteiger partial charge in [-0.3, -0.25) is 9.59 Å². The van der Waals surface area contributed by atoms with Crippen molar-refractivity contribution in [2.45, 2.75) is 19.8 Å². The molecule has 0 spiro atoms. The second-order valence-corrected chi connectivity index (χ2v) is 4.83. The van der Waals surface area contributed by atoms with Gasteiger partial charge in [-0.2, -0.15) is 0 Å². The molecule has 1 aromatic rings. The third-order valence-corrected chi connectivity index (χ3v) is 2.95. The molecule has 1 aromatic carbocycles. The number of methoxy groups -OCH3 is 1. The lowest BCUT2D eigenvalue weighted by Gasteiger charge is -2.08. The van der Waals surface area contributed by atoms with Crippen molar-refractivity contribution in [3.63, 3.8) is 0 Å². The zero-order valence-electron chi connectivity index (χ0n) is 14.2. The first-order valence-electron chi connectivity index (χ1n) is 7.90. The highest BCUT2D eigenvalue weighted by atomic mass is 16.6. The summed E-state index contributed by atoms with van der Waals surface area (Å²) in [5.41, 5.74) is 0.643. The molecule has 7 nitrogen and oxygen atoms in total. The van der Waals surface area contributed by atoms with Crippen LogP contribution in [0.5, 0.6) is 5.75 Å². The fourth-order valence-electron chi connectivity index (χ4n) is 1.75. The molecule has 1 amide bonds. The largest absolute Gasteiger partial charge is 0.491 e. The zero-order chi connectivity index (χ0) is 17.6. The summed E-state index contributed by atoms with van der Waals surface area (Å²) in [5, 5.41) is 2.72. The number of hydrogen-bond donors (Lipinski definition) is 1. The van der Waals surface area contributed by atoms with Gasteiger partial charge in [0.1, 0.15) is 19.0 Å². The first-order chi connectivity index (χ1) is 11.7. The van der Waals surface area contributed by atoms with E-state index in [2.05, 4.69) is 5.32 Å². The minimum Gasteiger partial charge on any atom is -0.491 e. The third kappa shape index (κ3) is 9.12. The monoisotopic (exact) mass is 339 g/mol. The fourth-order valence-corrected chi connectivity index (χ4v) is 1.75. The van der Waals surface area contributed by atoms with Crippen LogP contribution in [0.1, 0.15) is 19.8 Å². The highest BCUT2D eigenvalue weighted by molar-refractivity contribution is 5.92. The smallest absolute Gasteiger partial charge is 0.306 e. The van der Waals surface area contributed by atoms with E-state index in [9.17, 15) is 9.59 Å². The van der Waals surface area contributed by atoms with Crippen LogP contribution in [0.15, 0.2) is 24.3 Å². The Balaban J connectivity index is 2.25. The quantitative estimate of drug-likeness (QED) is 0.463. The summed E-state index contributed by atoms with van der Waals surface area (Å²) in [6.45, 7) is 4.14. The molecular formula is C17H25NO6. The fraction of sp³-hybridized carbons (Fsp3) is 0.529. The van der Waals surface area contributed by atoms with Crippen LogP contribution in [0.3, 0.4) is 0 Å². The Morgan fingerprint density at radius 2 is 1.75 bits per heavy atom. The van der Waals surface area contributed by atoms with Crippen LogP contribution in [0.2, 0.25) is 0 Å². The van der Waals surface area contributed by atoms with Crippen molar-refractivity contribution < 1.29 is 28.5 Å². The van der Waals surface area contributed by atoms with Gasteiger partial charge < -0.3 is 24.3 Å². The lowest BCUT2D eigenvalue weighted by Crippen LogP contribution is -2.15.